The summed E-state index contributed by atoms with van der Waals surface area (Å²) in [5.74, 6) is 1.98. The van der Waals surface area contributed by atoms with Crippen LogP contribution in [0.15, 0.2) is 35.5 Å². The van der Waals surface area contributed by atoms with Gasteiger partial charge in [-0.2, -0.15) is 0 Å². The molecular weight excluding hydrogens is 440 g/mol. The van der Waals surface area contributed by atoms with Gasteiger partial charge in [0.15, 0.2) is 0 Å². The van der Waals surface area contributed by atoms with Gasteiger partial charge in [0.25, 0.3) is 0 Å². The number of fused-ring (bicyclic) bond motifs is 1. The normalized spacial score (nSPS) is 37.1. The van der Waals surface area contributed by atoms with Crippen molar-refractivity contribution in [2.24, 2.45) is 23.2 Å². The molecule has 3 rings (SSSR count). The average Bonchev–Trinajstić information content (AvgIpc) is 3.14. The van der Waals surface area contributed by atoms with Crippen molar-refractivity contribution in [3.05, 3.63) is 35.5 Å². The standard InChI is InChI=1S/C30H50O5/c1-20(9-6-15-29(3,4)34)24-13-14-25-22(10-7-16-30(24,25)5)11-12-23-19-26(32)28(27(33)21(23)2)35-18-8-17-31/h11-12,20,24-28,31-34H,2,6-10,13-19H2,1,3-5H3/b22-11+,23-12-/t20-,24-,25+,26-,27+,28+,30-/m1/s1. The molecule has 5 nitrogen and oxygen atoms in total. The van der Waals surface area contributed by atoms with E-state index in [9.17, 15) is 15.3 Å². The minimum atomic E-state index is -0.931. The molecule has 0 bridgehead atoms. The zero-order valence-corrected chi connectivity index (χ0v) is 22.5. The topological polar surface area (TPSA) is 90.2 Å². The molecule has 3 aliphatic rings. The molecule has 35 heavy (non-hydrogen) atoms. The number of hydrogen-bond donors (Lipinski definition) is 4. The summed E-state index contributed by atoms with van der Waals surface area (Å²) in [5, 5.41) is 40.4. The van der Waals surface area contributed by atoms with Crippen LogP contribution in [0.5, 0.6) is 0 Å². The highest BCUT2D eigenvalue weighted by molar-refractivity contribution is 5.40. The second kappa shape index (κ2) is 12.0. The first kappa shape index (κ1) is 28.6. The van der Waals surface area contributed by atoms with Gasteiger partial charge in [0.05, 0.1) is 11.7 Å². The van der Waals surface area contributed by atoms with Crippen molar-refractivity contribution in [1.29, 1.82) is 0 Å². The van der Waals surface area contributed by atoms with Gasteiger partial charge in [-0.15, -0.1) is 0 Å². The van der Waals surface area contributed by atoms with Crippen LogP contribution < -0.4 is 0 Å². The molecule has 0 unspecified atom stereocenters. The summed E-state index contributed by atoms with van der Waals surface area (Å²) in [6.45, 7) is 13.2. The second-order valence-corrected chi connectivity index (χ2v) is 12.4. The second-order valence-electron chi connectivity index (χ2n) is 12.4. The van der Waals surface area contributed by atoms with E-state index in [1.54, 1.807) is 0 Å². The quantitative estimate of drug-likeness (QED) is 0.321. The molecule has 0 saturated heterocycles. The first-order valence-electron chi connectivity index (χ1n) is 13.9. The van der Waals surface area contributed by atoms with Gasteiger partial charge in [-0.3, -0.25) is 0 Å². The number of aliphatic hydroxyl groups excluding tert-OH is 3. The molecule has 3 saturated carbocycles. The van der Waals surface area contributed by atoms with Crippen molar-refractivity contribution in [3.63, 3.8) is 0 Å². The third-order valence-corrected chi connectivity index (χ3v) is 9.17. The van der Waals surface area contributed by atoms with Crippen molar-refractivity contribution in [2.75, 3.05) is 13.2 Å². The Morgan fingerprint density at radius 1 is 1.20 bits per heavy atom. The number of rotatable bonds is 10. The van der Waals surface area contributed by atoms with Crippen molar-refractivity contribution in [3.8, 4) is 0 Å². The molecule has 0 aromatic heterocycles. The van der Waals surface area contributed by atoms with Gasteiger partial charge in [0.2, 0.25) is 0 Å². The van der Waals surface area contributed by atoms with E-state index in [4.69, 9.17) is 9.84 Å². The highest BCUT2D eigenvalue weighted by Gasteiger charge is 2.50. The summed E-state index contributed by atoms with van der Waals surface area (Å²) in [4.78, 5) is 0. The molecule has 7 atom stereocenters. The lowest BCUT2D eigenvalue weighted by atomic mass is 9.60. The van der Waals surface area contributed by atoms with Crippen molar-refractivity contribution in [2.45, 2.75) is 116 Å². The molecule has 3 fully saturated rings. The molecular formula is C30H50O5. The lowest BCUT2D eigenvalue weighted by Crippen LogP contribution is -2.45. The van der Waals surface area contributed by atoms with Crippen LogP contribution in [0.4, 0.5) is 0 Å². The number of ether oxygens (including phenoxy) is 1. The van der Waals surface area contributed by atoms with Gasteiger partial charge in [-0.25, -0.2) is 0 Å². The first-order valence-corrected chi connectivity index (χ1v) is 13.9. The van der Waals surface area contributed by atoms with E-state index in [-0.39, 0.29) is 6.61 Å². The van der Waals surface area contributed by atoms with E-state index < -0.39 is 23.9 Å². The summed E-state index contributed by atoms with van der Waals surface area (Å²) in [5.41, 5.74) is 2.79. The van der Waals surface area contributed by atoms with E-state index in [0.717, 1.165) is 30.8 Å². The molecule has 3 aliphatic carbocycles. The minimum Gasteiger partial charge on any atom is -0.396 e. The summed E-state index contributed by atoms with van der Waals surface area (Å²) in [7, 11) is 0. The molecule has 200 valence electrons. The van der Waals surface area contributed by atoms with E-state index in [2.05, 4.69) is 32.6 Å². The smallest absolute Gasteiger partial charge is 0.114 e. The van der Waals surface area contributed by atoms with Crippen LogP contribution in [0.1, 0.15) is 91.9 Å². The van der Waals surface area contributed by atoms with Crippen LogP contribution >= 0.6 is 0 Å². The zero-order chi connectivity index (χ0) is 25.8. The maximum Gasteiger partial charge on any atom is 0.114 e. The molecule has 4 N–H and O–H groups in total. The van der Waals surface area contributed by atoms with Gasteiger partial charge in [0.1, 0.15) is 12.2 Å². The Morgan fingerprint density at radius 2 is 1.94 bits per heavy atom. The average molecular weight is 491 g/mol. The molecule has 0 spiro atoms. The van der Waals surface area contributed by atoms with Gasteiger partial charge < -0.3 is 25.2 Å². The SMILES string of the molecule is C=C1/C(=C\C=C2/CCC[C@]3(C)[C@@H]([C@H](C)CCCC(C)(C)O)CC[C@@H]23)C[C@@H](O)[C@H](OCCCO)[C@H]1O. The Kier molecular flexibility index (Phi) is 9.84. The highest BCUT2D eigenvalue weighted by Crippen LogP contribution is 2.60. The largest absolute Gasteiger partial charge is 0.396 e. The molecule has 0 aromatic carbocycles. The fourth-order valence-electron chi connectivity index (χ4n) is 7.21. The molecule has 5 heteroatoms. The van der Waals surface area contributed by atoms with Gasteiger partial charge in [-0.05, 0) is 93.1 Å². The van der Waals surface area contributed by atoms with Crippen LogP contribution in [0.3, 0.4) is 0 Å². The van der Waals surface area contributed by atoms with E-state index in [1.807, 2.05) is 13.8 Å². The molecule has 0 aliphatic heterocycles. The fraction of sp³-hybridized carbons (Fsp3) is 0.800. The molecule has 0 aromatic rings. The predicted molar refractivity (Wildman–Crippen MR) is 141 cm³/mol. The zero-order valence-electron chi connectivity index (χ0n) is 22.5. The predicted octanol–water partition coefficient (Wildman–Crippen LogP) is 5.08. The van der Waals surface area contributed by atoms with Gasteiger partial charge in [0, 0.05) is 19.6 Å². The number of aliphatic hydroxyl groups is 4. The van der Waals surface area contributed by atoms with Crippen LogP contribution in [-0.2, 0) is 4.74 Å². The Morgan fingerprint density at radius 3 is 2.63 bits per heavy atom. The third kappa shape index (κ3) is 6.87. The van der Waals surface area contributed by atoms with Crippen LogP contribution in [0, 0.1) is 23.2 Å². The molecule has 0 radical (unpaired) electrons. The summed E-state index contributed by atoms with van der Waals surface area (Å²) in [6, 6.07) is 0. The Labute approximate surface area is 213 Å². The van der Waals surface area contributed by atoms with Crippen LogP contribution in [0.2, 0.25) is 0 Å². The maximum absolute atomic E-state index is 10.7. The Bertz CT molecular complexity index is 778. The van der Waals surface area contributed by atoms with Gasteiger partial charge >= 0.3 is 0 Å². The van der Waals surface area contributed by atoms with E-state index >= 15 is 0 Å². The highest BCUT2D eigenvalue weighted by atomic mass is 16.5. The van der Waals surface area contributed by atoms with Crippen molar-refractivity contribution < 1.29 is 25.2 Å². The monoisotopic (exact) mass is 490 g/mol. The van der Waals surface area contributed by atoms with Crippen LogP contribution in [0.25, 0.3) is 0 Å². The fourth-order valence-corrected chi connectivity index (χ4v) is 7.21. The summed E-state index contributed by atoms with van der Waals surface area (Å²) < 4.78 is 5.63. The minimum absolute atomic E-state index is 0.0269. The van der Waals surface area contributed by atoms with E-state index in [1.165, 1.54) is 37.7 Å². The summed E-state index contributed by atoms with van der Waals surface area (Å²) in [6.07, 6.45) is 12.1. The molecule has 0 heterocycles. The maximum atomic E-state index is 10.7. The summed E-state index contributed by atoms with van der Waals surface area (Å²) >= 11 is 0. The van der Waals surface area contributed by atoms with Crippen molar-refractivity contribution >= 4 is 0 Å². The lowest BCUT2D eigenvalue weighted by Gasteiger charge is -2.44. The molecule has 0 amide bonds. The lowest BCUT2D eigenvalue weighted by molar-refractivity contribution is -0.0968. The van der Waals surface area contributed by atoms with Crippen molar-refractivity contribution in [1.82, 2.24) is 0 Å². The van der Waals surface area contributed by atoms with E-state index in [0.29, 0.717) is 42.3 Å². The first-order chi connectivity index (χ1) is 16.5. The van der Waals surface area contributed by atoms with Crippen LogP contribution in [-0.4, -0.2) is 57.6 Å². The van der Waals surface area contributed by atoms with Gasteiger partial charge in [-0.1, -0.05) is 51.0 Å². The Hall–Kier alpha value is -0.980. The number of hydrogen-bond acceptors (Lipinski definition) is 5. The Balaban J connectivity index is 1.67. The third-order valence-electron chi connectivity index (χ3n) is 9.17. The number of allylic oxidation sites excluding steroid dienone is 3.